The predicted molar refractivity (Wildman–Crippen MR) is 114 cm³/mol. The maximum absolute atomic E-state index is 14.1. The number of anilines is 1. The van der Waals surface area contributed by atoms with Gasteiger partial charge in [0.25, 0.3) is 0 Å². The first kappa shape index (κ1) is 21.4. The van der Waals surface area contributed by atoms with E-state index in [9.17, 15) is 9.18 Å². The summed E-state index contributed by atoms with van der Waals surface area (Å²) in [6.07, 6.45) is 6.51. The number of carbonyl (C=O) groups is 1. The first-order chi connectivity index (χ1) is 13.7. The minimum Gasteiger partial charge on any atom is -0.443 e. The van der Waals surface area contributed by atoms with E-state index in [1.165, 1.54) is 18.6 Å². The van der Waals surface area contributed by atoms with Gasteiger partial charge in [-0.25, -0.2) is 9.18 Å². The smallest absolute Gasteiger partial charge is 0.416 e. The number of nitrogens with zero attached hydrogens (tertiary/aromatic N) is 2. The average molecular weight is 462 g/mol. The van der Waals surface area contributed by atoms with Crippen LogP contribution in [0.1, 0.15) is 58.4 Å². The summed E-state index contributed by atoms with van der Waals surface area (Å²) in [5, 5.41) is 9.00. The predicted octanol–water partition coefficient (Wildman–Crippen LogP) is 6.53. The molecule has 1 aliphatic carbocycles. The van der Waals surface area contributed by atoms with Crippen LogP contribution in [0.3, 0.4) is 0 Å². The maximum Gasteiger partial charge on any atom is 0.416 e. The monoisotopic (exact) mass is 461 g/mol. The second-order valence-corrected chi connectivity index (χ2v) is 9.19. The van der Waals surface area contributed by atoms with E-state index in [1.807, 2.05) is 32.9 Å². The molecule has 1 heterocycles. The molecule has 0 unspecified atom stereocenters. The van der Waals surface area contributed by atoms with Gasteiger partial charge in [-0.3, -0.25) is 4.90 Å². The van der Waals surface area contributed by atoms with Crippen LogP contribution in [0.15, 0.2) is 28.9 Å². The number of rotatable bonds is 3. The lowest BCUT2D eigenvalue weighted by atomic mass is 9.94. The number of carbonyl (C=O) groups excluding carboxylic acids is 1. The lowest BCUT2D eigenvalue weighted by Crippen LogP contribution is -2.44. The number of benzene rings is 1. The van der Waals surface area contributed by atoms with Crippen molar-refractivity contribution in [1.82, 2.24) is 4.98 Å². The van der Waals surface area contributed by atoms with Gasteiger partial charge in [0, 0.05) is 27.8 Å². The molecule has 0 saturated heterocycles. The maximum atomic E-state index is 14.1. The van der Waals surface area contributed by atoms with Gasteiger partial charge in [-0.05, 0) is 51.8 Å². The molecule has 1 aromatic carbocycles. The summed E-state index contributed by atoms with van der Waals surface area (Å²) in [6.45, 7) is 5.54. The Morgan fingerprint density at radius 3 is 2.59 bits per heavy atom. The highest BCUT2D eigenvalue weighted by atomic mass is 79.9. The van der Waals surface area contributed by atoms with E-state index in [0.717, 1.165) is 31.2 Å². The third-order valence-corrected chi connectivity index (χ3v) is 5.60. The molecule has 1 amide bonds. The van der Waals surface area contributed by atoms with E-state index in [-0.39, 0.29) is 17.7 Å². The van der Waals surface area contributed by atoms with Crippen LogP contribution in [0.25, 0.3) is 11.1 Å². The van der Waals surface area contributed by atoms with Crippen LogP contribution in [-0.2, 0) is 4.74 Å². The Hall–Kier alpha value is -2.33. The molecule has 0 radical (unpaired) electrons. The minimum atomic E-state index is -0.599. The van der Waals surface area contributed by atoms with E-state index in [2.05, 4.69) is 20.9 Å². The zero-order chi connectivity index (χ0) is 21.2. The van der Waals surface area contributed by atoms with Gasteiger partial charge in [0.1, 0.15) is 23.3 Å². The second-order valence-electron chi connectivity index (χ2n) is 8.34. The zero-order valence-electron chi connectivity index (χ0n) is 16.9. The summed E-state index contributed by atoms with van der Waals surface area (Å²) in [7, 11) is 0. The molecule has 0 spiro atoms. The summed E-state index contributed by atoms with van der Waals surface area (Å²) in [5.41, 5.74) is 0.712. The van der Waals surface area contributed by atoms with E-state index in [0.29, 0.717) is 15.9 Å². The number of hydrogen-bond donors (Lipinski definition) is 1. The molecule has 0 atom stereocenters. The molecule has 154 valence electrons. The Kier molecular flexibility index (Phi) is 6.33. The third-order valence-electron chi connectivity index (χ3n) is 4.95. The fourth-order valence-electron chi connectivity index (χ4n) is 3.63. The number of aromatic nitrogens is 1. The highest BCUT2D eigenvalue weighted by molar-refractivity contribution is 9.10. The number of nitriles is 1. The van der Waals surface area contributed by atoms with Crippen LogP contribution in [0.5, 0.6) is 0 Å². The van der Waals surface area contributed by atoms with Gasteiger partial charge in [0.2, 0.25) is 0 Å². The summed E-state index contributed by atoms with van der Waals surface area (Å²) >= 11 is 3.41. The SMILES string of the molecule is CC(C)(C)OC(=O)N(c1cc(-c2cc(F)c(C#N)cc2Br)c[nH]1)C1CCCCC1. The fourth-order valence-corrected chi connectivity index (χ4v) is 4.20. The molecular formula is C22H25BrFN3O2. The van der Waals surface area contributed by atoms with Crippen LogP contribution in [-0.4, -0.2) is 22.7 Å². The average Bonchev–Trinajstić information content (AvgIpc) is 3.12. The normalized spacial score (nSPS) is 15.0. The summed E-state index contributed by atoms with van der Waals surface area (Å²) < 4.78 is 20.4. The first-order valence-corrected chi connectivity index (χ1v) is 10.6. The molecule has 1 aliphatic rings. The van der Waals surface area contributed by atoms with E-state index in [1.54, 1.807) is 11.1 Å². The summed E-state index contributed by atoms with van der Waals surface area (Å²) in [6, 6.07) is 6.51. The summed E-state index contributed by atoms with van der Waals surface area (Å²) in [4.78, 5) is 17.8. The topological polar surface area (TPSA) is 69.1 Å². The quantitative estimate of drug-likeness (QED) is 0.564. The highest BCUT2D eigenvalue weighted by Gasteiger charge is 2.31. The lowest BCUT2D eigenvalue weighted by molar-refractivity contribution is 0.0557. The largest absolute Gasteiger partial charge is 0.443 e. The van der Waals surface area contributed by atoms with Crippen LogP contribution in [0, 0.1) is 17.1 Å². The highest BCUT2D eigenvalue weighted by Crippen LogP contribution is 2.35. The van der Waals surface area contributed by atoms with Gasteiger partial charge < -0.3 is 9.72 Å². The van der Waals surface area contributed by atoms with Crippen molar-refractivity contribution in [3.05, 3.63) is 40.2 Å². The molecule has 1 N–H and O–H groups in total. The standard InChI is InChI=1S/C22H25BrFN3O2/c1-22(2,3)29-21(28)27(16-7-5-4-6-8-16)20-10-15(13-26-20)17-11-19(24)14(12-25)9-18(17)23/h9-11,13,16,26H,4-8H2,1-3H3. The summed E-state index contributed by atoms with van der Waals surface area (Å²) in [5.74, 6) is 0.0440. The van der Waals surface area contributed by atoms with Gasteiger partial charge in [0.15, 0.2) is 0 Å². The number of amides is 1. The fraction of sp³-hybridized carbons (Fsp3) is 0.455. The van der Waals surface area contributed by atoms with E-state index in [4.69, 9.17) is 10.00 Å². The van der Waals surface area contributed by atoms with Crippen molar-refractivity contribution in [2.45, 2.75) is 64.5 Å². The van der Waals surface area contributed by atoms with Gasteiger partial charge in [-0.2, -0.15) is 5.26 Å². The lowest BCUT2D eigenvalue weighted by Gasteiger charge is -2.34. The van der Waals surface area contributed by atoms with Crippen molar-refractivity contribution in [3.63, 3.8) is 0 Å². The van der Waals surface area contributed by atoms with Crippen molar-refractivity contribution in [3.8, 4) is 17.2 Å². The number of hydrogen-bond acceptors (Lipinski definition) is 3. The molecule has 1 fully saturated rings. The second kappa shape index (κ2) is 8.58. The van der Waals surface area contributed by atoms with Crippen molar-refractivity contribution in [2.75, 3.05) is 4.90 Å². The van der Waals surface area contributed by atoms with Gasteiger partial charge in [-0.15, -0.1) is 0 Å². The van der Waals surface area contributed by atoms with Gasteiger partial charge in [0.05, 0.1) is 5.56 Å². The molecule has 29 heavy (non-hydrogen) atoms. The Balaban J connectivity index is 1.96. The molecule has 7 heteroatoms. The molecule has 0 bridgehead atoms. The van der Waals surface area contributed by atoms with Crippen molar-refractivity contribution < 1.29 is 13.9 Å². The molecule has 0 aliphatic heterocycles. The van der Waals surface area contributed by atoms with Crippen molar-refractivity contribution >= 4 is 27.8 Å². The number of aromatic amines is 1. The van der Waals surface area contributed by atoms with Crippen molar-refractivity contribution in [2.24, 2.45) is 0 Å². The van der Waals surface area contributed by atoms with Crippen LogP contribution in [0.4, 0.5) is 15.0 Å². The third kappa shape index (κ3) is 4.99. The number of H-pyrrole nitrogens is 1. The Labute approximate surface area is 179 Å². The van der Waals surface area contributed by atoms with Crippen LogP contribution < -0.4 is 4.90 Å². The van der Waals surface area contributed by atoms with E-state index < -0.39 is 11.4 Å². The van der Waals surface area contributed by atoms with Gasteiger partial charge >= 0.3 is 6.09 Å². The Morgan fingerprint density at radius 2 is 1.97 bits per heavy atom. The zero-order valence-corrected chi connectivity index (χ0v) is 18.5. The van der Waals surface area contributed by atoms with Crippen LogP contribution >= 0.6 is 15.9 Å². The number of halogens is 2. The van der Waals surface area contributed by atoms with Crippen LogP contribution in [0.2, 0.25) is 0 Å². The molecular weight excluding hydrogens is 437 g/mol. The molecule has 1 saturated carbocycles. The first-order valence-electron chi connectivity index (χ1n) is 9.80. The Morgan fingerprint density at radius 1 is 1.28 bits per heavy atom. The molecule has 5 nitrogen and oxygen atoms in total. The van der Waals surface area contributed by atoms with E-state index >= 15 is 0 Å². The number of ether oxygens (including phenoxy) is 1. The Bertz CT molecular complexity index is 937. The minimum absolute atomic E-state index is 0.0195. The van der Waals surface area contributed by atoms with Gasteiger partial charge in [-0.1, -0.05) is 35.2 Å². The molecule has 3 rings (SSSR count). The van der Waals surface area contributed by atoms with Crippen molar-refractivity contribution in [1.29, 1.82) is 5.26 Å². The molecule has 2 aromatic rings. The molecule has 1 aromatic heterocycles. The number of nitrogens with one attached hydrogen (secondary N) is 1.